The number of benzene rings is 1. The molecule has 1 heterocycles. The van der Waals surface area contributed by atoms with Crippen molar-refractivity contribution in [3.8, 4) is 0 Å². The minimum Gasteiger partial charge on any atom is -0.349 e. The van der Waals surface area contributed by atoms with Gasteiger partial charge >= 0.3 is 0 Å². The summed E-state index contributed by atoms with van der Waals surface area (Å²) in [7, 11) is 0. The van der Waals surface area contributed by atoms with Gasteiger partial charge in [-0.25, -0.2) is 4.98 Å². The highest BCUT2D eigenvalue weighted by molar-refractivity contribution is 6.30. The first-order valence-corrected chi connectivity index (χ1v) is 7.66. The van der Waals surface area contributed by atoms with Crippen molar-refractivity contribution < 1.29 is 9.59 Å². The smallest absolute Gasteiger partial charge is 0.251 e. The SMILES string of the molecule is CC(C)[C@H](NC(=O)c1ccc(Cl)cc1)C(=O)NCc1cnc[nH]1. The first kappa shape index (κ1) is 17.0. The lowest BCUT2D eigenvalue weighted by Gasteiger charge is -2.21. The van der Waals surface area contributed by atoms with Gasteiger partial charge in [0.15, 0.2) is 0 Å². The highest BCUT2D eigenvalue weighted by atomic mass is 35.5. The van der Waals surface area contributed by atoms with Gasteiger partial charge in [-0.3, -0.25) is 9.59 Å². The molecule has 0 saturated heterocycles. The third-order valence-corrected chi connectivity index (χ3v) is 3.60. The molecule has 2 aromatic rings. The first-order valence-electron chi connectivity index (χ1n) is 7.28. The van der Waals surface area contributed by atoms with Crippen molar-refractivity contribution in [2.24, 2.45) is 5.92 Å². The van der Waals surface area contributed by atoms with E-state index in [1.165, 1.54) is 0 Å². The quantitative estimate of drug-likeness (QED) is 0.756. The number of nitrogens with one attached hydrogen (secondary N) is 3. The molecular weight excluding hydrogens is 316 g/mol. The second-order valence-corrected chi connectivity index (χ2v) is 5.93. The zero-order valence-corrected chi connectivity index (χ0v) is 13.7. The lowest BCUT2D eigenvalue weighted by atomic mass is 10.0. The van der Waals surface area contributed by atoms with Crippen LogP contribution in [0, 0.1) is 5.92 Å². The third kappa shape index (κ3) is 4.82. The number of halogens is 1. The zero-order chi connectivity index (χ0) is 16.8. The summed E-state index contributed by atoms with van der Waals surface area (Å²) < 4.78 is 0. The van der Waals surface area contributed by atoms with Crippen LogP contribution in [0.25, 0.3) is 0 Å². The Kier molecular flexibility index (Phi) is 5.76. The summed E-state index contributed by atoms with van der Waals surface area (Å²) in [6, 6.07) is 5.90. The van der Waals surface area contributed by atoms with Gasteiger partial charge in [0.1, 0.15) is 6.04 Å². The molecule has 1 aromatic carbocycles. The number of imidazole rings is 1. The molecule has 0 spiro atoms. The third-order valence-electron chi connectivity index (χ3n) is 3.35. The number of rotatable bonds is 6. The molecule has 3 N–H and O–H groups in total. The van der Waals surface area contributed by atoms with Crippen LogP contribution in [0.2, 0.25) is 5.02 Å². The second-order valence-electron chi connectivity index (χ2n) is 5.50. The Morgan fingerprint density at radius 2 is 1.96 bits per heavy atom. The lowest BCUT2D eigenvalue weighted by Crippen LogP contribution is -2.49. The van der Waals surface area contributed by atoms with Gasteiger partial charge in [0.2, 0.25) is 5.91 Å². The summed E-state index contributed by atoms with van der Waals surface area (Å²) in [5.74, 6) is -0.595. The Bertz CT molecular complexity index is 653. The molecule has 0 bridgehead atoms. The van der Waals surface area contributed by atoms with E-state index in [9.17, 15) is 9.59 Å². The maximum absolute atomic E-state index is 12.3. The summed E-state index contributed by atoms with van der Waals surface area (Å²) in [4.78, 5) is 31.4. The van der Waals surface area contributed by atoms with E-state index in [4.69, 9.17) is 11.6 Å². The van der Waals surface area contributed by atoms with E-state index in [0.717, 1.165) is 5.69 Å². The molecule has 0 aliphatic heterocycles. The van der Waals surface area contributed by atoms with E-state index in [-0.39, 0.29) is 17.7 Å². The molecule has 0 unspecified atom stereocenters. The van der Waals surface area contributed by atoms with E-state index in [1.54, 1.807) is 36.8 Å². The molecule has 0 fully saturated rings. The molecule has 1 atom stereocenters. The summed E-state index contributed by atoms with van der Waals surface area (Å²) in [5.41, 5.74) is 1.26. The fraction of sp³-hybridized carbons (Fsp3) is 0.312. The average Bonchev–Trinajstić information content (AvgIpc) is 3.03. The molecule has 0 aliphatic rings. The summed E-state index contributed by atoms with van der Waals surface area (Å²) in [6.45, 7) is 4.09. The molecule has 23 heavy (non-hydrogen) atoms. The van der Waals surface area contributed by atoms with Crippen LogP contribution < -0.4 is 10.6 Å². The second kappa shape index (κ2) is 7.78. The summed E-state index contributed by atoms with van der Waals surface area (Å²) in [5, 5.41) is 6.10. The average molecular weight is 335 g/mol. The Morgan fingerprint density at radius 3 is 2.52 bits per heavy atom. The number of H-pyrrole nitrogens is 1. The van der Waals surface area contributed by atoms with Gasteiger partial charge in [0, 0.05) is 16.8 Å². The largest absolute Gasteiger partial charge is 0.349 e. The number of carbonyl (C=O) groups excluding carboxylic acids is 2. The minimum atomic E-state index is -0.624. The van der Waals surface area contributed by atoms with Crippen LogP contribution in [-0.4, -0.2) is 27.8 Å². The molecule has 122 valence electrons. The summed E-state index contributed by atoms with van der Waals surface area (Å²) in [6.07, 6.45) is 3.18. The fourth-order valence-electron chi connectivity index (χ4n) is 2.03. The van der Waals surface area contributed by atoms with Crippen LogP contribution in [0.15, 0.2) is 36.8 Å². The van der Waals surface area contributed by atoms with Crippen molar-refractivity contribution in [2.75, 3.05) is 0 Å². The number of carbonyl (C=O) groups is 2. The van der Waals surface area contributed by atoms with Crippen molar-refractivity contribution in [1.82, 2.24) is 20.6 Å². The van der Waals surface area contributed by atoms with Crippen LogP contribution in [0.4, 0.5) is 0 Å². The van der Waals surface area contributed by atoms with Gasteiger partial charge in [-0.05, 0) is 30.2 Å². The van der Waals surface area contributed by atoms with Crippen LogP contribution in [-0.2, 0) is 11.3 Å². The molecule has 6 nitrogen and oxygen atoms in total. The van der Waals surface area contributed by atoms with Gasteiger partial charge in [-0.2, -0.15) is 0 Å². The Labute approximate surface area is 139 Å². The van der Waals surface area contributed by atoms with Gasteiger partial charge < -0.3 is 15.6 Å². The van der Waals surface area contributed by atoms with Gasteiger partial charge in [0.25, 0.3) is 5.91 Å². The van der Waals surface area contributed by atoms with E-state index < -0.39 is 6.04 Å². The van der Waals surface area contributed by atoms with E-state index >= 15 is 0 Å². The Morgan fingerprint density at radius 1 is 1.26 bits per heavy atom. The predicted molar refractivity (Wildman–Crippen MR) is 88.0 cm³/mol. The lowest BCUT2D eigenvalue weighted by molar-refractivity contribution is -0.124. The Balaban J connectivity index is 1.98. The molecule has 0 saturated carbocycles. The van der Waals surface area contributed by atoms with Crippen molar-refractivity contribution in [3.63, 3.8) is 0 Å². The molecular formula is C16H19ClN4O2. The standard InChI is InChI=1S/C16H19ClN4O2/c1-10(2)14(16(23)19-8-13-7-18-9-20-13)21-15(22)11-3-5-12(17)6-4-11/h3-7,9-10,14H,8H2,1-2H3,(H,18,20)(H,19,23)(H,21,22)/t14-/m0/s1. The molecule has 2 rings (SSSR count). The van der Waals surface area contributed by atoms with E-state index in [0.29, 0.717) is 17.1 Å². The highest BCUT2D eigenvalue weighted by Gasteiger charge is 2.24. The van der Waals surface area contributed by atoms with Crippen LogP contribution in [0.3, 0.4) is 0 Å². The molecule has 0 radical (unpaired) electrons. The minimum absolute atomic E-state index is 0.0481. The topological polar surface area (TPSA) is 86.9 Å². The number of hydrogen-bond donors (Lipinski definition) is 3. The van der Waals surface area contributed by atoms with Crippen LogP contribution in [0.5, 0.6) is 0 Å². The normalized spacial score (nSPS) is 12.0. The number of amides is 2. The maximum atomic E-state index is 12.3. The zero-order valence-electron chi connectivity index (χ0n) is 13.0. The van der Waals surface area contributed by atoms with Crippen molar-refractivity contribution in [2.45, 2.75) is 26.4 Å². The van der Waals surface area contributed by atoms with Gasteiger partial charge in [-0.1, -0.05) is 25.4 Å². The first-order chi connectivity index (χ1) is 11.0. The van der Waals surface area contributed by atoms with Gasteiger partial charge in [0.05, 0.1) is 18.6 Å². The van der Waals surface area contributed by atoms with Crippen LogP contribution in [0.1, 0.15) is 29.9 Å². The Hall–Kier alpha value is -2.34. The van der Waals surface area contributed by atoms with E-state index in [2.05, 4.69) is 20.6 Å². The van der Waals surface area contributed by atoms with E-state index in [1.807, 2.05) is 13.8 Å². The van der Waals surface area contributed by atoms with Gasteiger partial charge in [-0.15, -0.1) is 0 Å². The highest BCUT2D eigenvalue weighted by Crippen LogP contribution is 2.10. The molecule has 2 amide bonds. The van der Waals surface area contributed by atoms with Crippen LogP contribution >= 0.6 is 11.6 Å². The number of hydrogen-bond acceptors (Lipinski definition) is 3. The number of aromatic amines is 1. The molecule has 1 aromatic heterocycles. The van der Waals surface area contributed by atoms with Crippen molar-refractivity contribution in [1.29, 1.82) is 0 Å². The molecule has 7 heteroatoms. The summed E-state index contributed by atoms with van der Waals surface area (Å²) >= 11 is 5.81. The predicted octanol–water partition coefficient (Wildman–Crippen LogP) is 2.13. The van der Waals surface area contributed by atoms with Crippen molar-refractivity contribution >= 4 is 23.4 Å². The fourth-order valence-corrected chi connectivity index (χ4v) is 2.16. The molecule has 0 aliphatic carbocycles. The van der Waals surface area contributed by atoms with Crippen molar-refractivity contribution in [3.05, 3.63) is 53.1 Å². The maximum Gasteiger partial charge on any atom is 0.251 e. The monoisotopic (exact) mass is 334 g/mol. The number of aromatic nitrogens is 2. The number of nitrogens with zero attached hydrogens (tertiary/aromatic N) is 1.